The molecule has 0 aliphatic carbocycles. The third-order valence-electron chi connectivity index (χ3n) is 4.43. The maximum absolute atomic E-state index is 6.03. The van der Waals surface area contributed by atoms with Crippen molar-refractivity contribution in [2.75, 3.05) is 33.3 Å². The van der Waals surface area contributed by atoms with Gasteiger partial charge in [-0.25, -0.2) is 0 Å². The minimum atomic E-state index is 0.266. The first-order chi connectivity index (χ1) is 9.38. The minimum Gasteiger partial charge on any atom is -0.372 e. The molecule has 1 N–H and O–H groups in total. The highest BCUT2D eigenvalue weighted by molar-refractivity contribution is 5.31. The molecule has 2 unspecified atom stereocenters. The van der Waals surface area contributed by atoms with Gasteiger partial charge in [-0.2, -0.15) is 0 Å². The van der Waals surface area contributed by atoms with Crippen LogP contribution in [0.5, 0.6) is 0 Å². The summed E-state index contributed by atoms with van der Waals surface area (Å²) in [5, 5.41) is 3.31. The van der Waals surface area contributed by atoms with Crippen molar-refractivity contribution in [2.45, 2.75) is 31.4 Å². The molecule has 19 heavy (non-hydrogen) atoms. The second-order valence-electron chi connectivity index (χ2n) is 5.66. The third kappa shape index (κ3) is 2.83. The van der Waals surface area contributed by atoms with Gasteiger partial charge in [0, 0.05) is 19.1 Å². The Morgan fingerprint density at radius 1 is 1.37 bits per heavy atom. The Kier molecular flexibility index (Phi) is 4.16. The second-order valence-corrected chi connectivity index (χ2v) is 5.66. The van der Waals surface area contributed by atoms with Crippen LogP contribution in [0.1, 0.15) is 30.1 Å². The predicted molar refractivity (Wildman–Crippen MR) is 77.4 cm³/mol. The van der Waals surface area contributed by atoms with Crippen molar-refractivity contribution in [3.05, 3.63) is 35.4 Å². The Morgan fingerprint density at radius 3 is 3.16 bits per heavy atom. The highest BCUT2D eigenvalue weighted by Gasteiger charge is 2.29. The number of hydrogen-bond acceptors (Lipinski definition) is 3. The number of likely N-dealkylation sites (tertiary alicyclic amines) is 1. The molecular formula is C16H24N2O. The van der Waals surface area contributed by atoms with Gasteiger partial charge in [0.2, 0.25) is 0 Å². The van der Waals surface area contributed by atoms with E-state index in [0.717, 1.165) is 26.1 Å². The Balaban J connectivity index is 1.70. The summed E-state index contributed by atoms with van der Waals surface area (Å²) in [4.78, 5) is 2.60. The lowest BCUT2D eigenvalue weighted by Crippen LogP contribution is -2.40. The lowest BCUT2D eigenvalue weighted by Gasteiger charge is -2.32. The SMILES string of the molecule is CNCC1CCCN1CC1OCCc2ccccc21. The average molecular weight is 260 g/mol. The van der Waals surface area contributed by atoms with Gasteiger partial charge in [0.25, 0.3) is 0 Å². The standard InChI is InChI=1S/C16H24N2O/c1-17-11-14-6-4-9-18(14)12-16-15-7-3-2-5-13(15)8-10-19-16/h2-3,5,7,14,16-17H,4,6,8-12H2,1H3. The van der Waals surface area contributed by atoms with E-state index in [1.165, 1.54) is 30.5 Å². The number of nitrogens with one attached hydrogen (secondary N) is 1. The van der Waals surface area contributed by atoms with Crippen LogP contribution in [0.4, 0.5) is 0 Å². The van der Waals surface area contributed by atoms with Crippen LogP contribution in [0.25, 0.3) is 0 Å². The Bertz CT molecular complexity index is 421. The molecule has 1 aromatic rings. The summed E-state index contributed by atoms with van der Waals surface area (Å²) in [5.41, 5.74) is 2.88. The van der Waals surface area contributed by atoms with Gasteiger partial charge in [0.05, 0.1) is 12.7 Å². The number of fused-ring (bicyclic) bond motifs is 1. The number of ether oxygens (including phenoxy) is 1. The van der Waals surface area contributed by atoms with E-state index in [0.29, 0.717) is 6.04 Å². The van der Waals surface area contributed by atoms with Gasteiger partial charge in [0.1, 0.15) is 0 Å². The van der Waals surface area contributed by atoms with E-state index < -0.39 is 0 Å². The van der Waals surface area contributed by atoms with Crippen molar-refractivity contribution in [1.82, 2.24) is 10.2 Å². The predicted octanol–water partition coefficient (Wildman–Crippen LogP) is 1.98. The summed E-state index contributed by atoms with van der Waals surface area (Å²) in [7, 11) is 2.04. The van der Waals surface area contributed by atoms with E-state index >= 15 is 0 Å². The summed E-state index contributed by atoms with van der Waals surface area (Å²) in [6.45, 7) is 4.22. The number of benzene rings is 1. The molecule has 2 aliphatic rings. The van der Waals surface area contributed by atoms with E-state index in [1.807, 2.05) is 7.05 Å². The molecule has 104 valence electrons. The van der Waals surface area contributed by atoms with Gasteiger partial charge < -0.3 is 10.1 Å². The molecule has 1 saturated heterocycles. The summed E-state index contributed by atoms with van der Waals surface area (Å²) in [6, 6.07) is 9.45. The molecule has 3 nitrogen and oxygen atoms in total. The van der Waals surface area contributed by atoms with Gasteiger partial charge in [-0.15, -0.1) is 0 Å². The number of rotatable bonds is 4. The molecule has 1 fully saturated rings. The molecule has 3 heteroatoms. The van der Waals surface area contributed by atoms with Crippen molar-refractivity contribution in [2.24, 2.45) is 0 Å². The van der Waals surface area contributed by atoms with Crippen LogP contribution in [0.3, 0.4) is 0 Å². The quantitative estimate of drug-likeness (QED) is 0.896. The number of nitrogens with zero attached hydrogens (tertiary/aromatic N) is 1. The highest BCUT2D eigenvalue weighted by Crippen LogP contribution is 2.29. The molecule has 0 bridgehead atoms. The van der Waals surface area contributed by atoms with Gasteiger partial charge in [-0.3, -0.25) is 4.90 Å². The zero-order chi connectivity index (χ0) is 13.1. The molecular weight excluding hydrogens is 236 g/mol. The first kappa shape index (κ1) is 13.1. The molecule has 2 atom stereocenters. The molecule has 0 radical (unpaired) electrons. The summed E-state index contributed by atoms with van der Waals surface area (Å²) < 4.78 is 6.03. The van der Waals surface area contributed by atoms with E-state index in [-0.39, 0.29) is 6.10 Å². The van der Waals surface area contributed by atoms with Crippen LogP contribution in [-0.2, 0) is 11.2 Å². The number of hydrogen-bond donors (Lipinski definition) is 1. The zero-order valence-electron chi connectivity index (χ0n) is 11.8. The van der Waals surface area contributed by atoms with E-state index in [4.69, 9.17) is 4.74 Å². The van der Waals surface area contributed by atoms with Crippen molar-refractivity contribution in [1.29, 1.82) is 0 Å². The Hall–Kier alpha value is -0.900. The summed E-state index contributed by atoms with van der Waals surface area (Å²) in [5.74, 6) is 0. The second kappa shape index (κ2) is 6.04. The van der Waals surface area contributed by atoms with E-state index in [2.05, 4.69) is 34.5 Å². The van der Waals surface area contributed by atoms with Gasteiger partial charge in [-0.1, -0.05) is 24.3 Å². The maximum Gasteiger partial charge on any atom is 0.0954 e. The molecule has 2 heterocycles. The number of likely N-dealkylation sites (N-methyl/N-ethyl adjacent to an activating group) is 1. The Morgan fingerprint density at radius 2 is 2.26 bits per heavy atom. The average Bonchev–Trinajstić information content (AvgIpc) is 2.87. The van der Waals surface area contributed by atoms with Gasteiger partial charge >= 0.3 is 0 Å². The van der Waals surface area contributed by atoms with Crippen LogP contribution in [0.15, 0.2) is 24.3 Å². The fourth-order valence-electron chi connectivity index (χ4n) is 3.44. The summed E-state index contributed by atoms with van der Waals surface area (Å²) in [6.07, 6.45) is 3.96. The smallest absolute Gasteiger partial charge is 0.0954 e. The van der Waals surface area contributed by atoms with Crippen molar-refractivity contribution < 1.29 is 4.74 Å². The molecule has 3 rings (SSSR count). The Labute approximate surface area is 115 Å². The van der Waals surface area contributed by atoms with E-state index in [9.17, 15) is 0 Å². The van der Waals surface area contributed by atoms with Crippen LogP contribution in [0, 0.1) is 0 Å². The molecule has 0 aromatic heterocycles. The normalized spacial score (nSPS) is 27.4. The maximum atomic E-state index is 6.03. The van der Waals surface area contributed by atoms with Crippen LogP contribution in [-0.4, -0.2) is 44.2 Å². The zero-order valence-corrected chi connectivity index (χ0v) is 11.8. The minimum absolute atomic E-state index is 0.266. The van der Waals surface area contributed by atoms with Gasteiger partial charge in [-0.05, 0) is 44.0 Å². The first-order valence-corrected chi connectivity index (χ1v) is 7.46. The van der Waals surface area contributed by atoms with Gasteiger partial charge in [0.15, 0.2) is 0 Å². The van der Waals surface area contributed by atoms with Crippen LogP contribution < -0.4 is 5.32 Å². The molecule has 2 aliphatic heterocycles. The molecule has 0 saturated carbocycles. The lowest BCUT2D eigenvalue weighted by atomic mass is 9.97. The van der Waals surface area contributed by atoms with Crippen molar-refractivity contribution in [3.8, 4) is 0 Å². The van der Waals surface area contributed by atoms with Crippen LogP contribution in [0.2, 0.25) is 0 Å². The topological polar surface area (TPSA) is 24.5 Å². The molecule has 0 spiro atoms. The third-order valence-corrected chi connectivity index (χ3v) is 4.43. The van der Waals surface area contributed by atoms with Crippen molar-refractivity contribution in [3.63, 3.8) is 0 Å². The van der Waals surface area contributed by atoms with E-state index in [1.54, 1.807) is 0 Å². The van der Waals surface area contributed by atoms with Crippen LogP contribution >= 0.6 is 0 Å². The lowest BCUT2D eigenvalue weighted by molar-refractivity contribution is 0.0133. The fraction of sp³-hybridized carbons (Fsp3) is 0.625. The monoisotopic (exact) mass is 260 g/mol. The summed E-state index contributed by atoms with van der Waals surface area (Å²) >= 11 is 0. The highest BCUT2D eigenvalue weighted by atomic mass is 16.5. The molecule has 1 aromatic carbocycles. The fourth-order valence-corrected chi connectivity index (χ4v) is 3.44. The largest absolute Gasteiger partial charge is 0.372 e. The molecule has 0 amide bonds. The first-order valence-electron chi connectivity index (χ1n) is 7.46. The van der Waals surface area contributed by atoms with Crippen molar-refractivity contribution >= 4 is 0 Å².